The molecule has 0 heterocycles. The highest BCUT2D eigenvalue weighted by Gasteiger charge is 2.31. The van der Waals surface area contributed by atoms with E-state index in [1.165, 1.54) is 14.1 Å². The number of amides is 2. The second kappa shape index (κ2) is 4.77. The maximum Gasteiger partial charge on any atom is 0.338 e. The monoisotopic (exact) mass is 269 g/mol. The van der Waals surface area contributed by atoms with E-state index in [9.17, 15) is 26.7 Å². The van der Waals surface area contributed by atoms with Gasteiger partial charge in [-0.2, -0.15) is 0 Å². The van der Waals surface area contributed by atoms with E-state index in [0.29, 0.717) is 0 Å². The molecule has 0 saturated heterocycles. The number of rotatable bonds is 1. The molecule has 0 aromatic heterocycles. The number of urea groups is 1. The lowest BCUT2D eigenvalue weighted by molar-refractivity contribution is 0.223. The highest BCUT2D eigenvalue weighted by Crippen LogP contribution is 2.29. The molecule has 0 aliphatic heterocycles. The van der Waals surface area contributed by atoms with E-state index in [4.69, 9.17) is 5.84 Å². The van der Waals surface area contributed by atoms with Crippen LogP contribution in [-0.2, 0) is 0 Å². The number of benzene rings is 1. The Kier molecular flexibility index (Phi) is 3.75. The lowest BCUT2D eigenvalue weighted by Gasteiger charge is -2.22. The van der Waals surface area contributed by atoms with Crippen LogP contribution in [0.15, 0.2) is 0 Å². The third-order valence-electron chi connectivity index (χ3n) is 2.02. The Morgan fingerprint density at radius 2 is 1.22 bits per heavy atom. The molecule has 1 aromatic carbocycles. The molecule has 0 unspecified atom stereocenters. The van der Waals surface area contributed by atoms with Crippen LogP contribution in [0.3, 0.4) is 0 Å². The van der Waals surface area contributed by atoms with E-state index in [0.717, 1.165) is 4.90 Å². The van der Waals surface area contributed by atoms with Gasteiger partial charge in [0.15, 0.2) is 23.3 Å². The van der Waals surface area contributed by atoms with E-state index in [1.54, 1.807) is 0 Å². The number of anilines is 1. The zero-order chi connectivity index (χ0) is 14.2. The van der Waals surface area contributed by atoms with Crippen molar-refractivity contribution >= 4 is 11.7 Å². The van der Waals surface area contributed by atoms with Crippen LogP contribution >= 0.6 is 0 Å². The Hall–Kier alpha value is -1.90. The first-order chi connectivity index (χ1) is 8.20. The van der Waals surface area contributed by atoms with Crippen molar-refractivity contribution in [1.82, 2.24) is 4.90 Å². The number of hydrogen-bond acceptors (Lipinski definition) is 2. The largest absolute Gasteiger partial charge is 0.338 e. The minimum absolute atomic E-state index is 0.156. The fourth-order valence-corrected chi connectivity index (χ4v) is 1.12. The predicted molar refractivity (Wildman–Crippen MR) is 52.0 cm³/mol. The highest BCUT2D eigenvalue weighted by atomic mass is 19.2. The summed E-state index contributed by atoms with van der Waals surface area (Å²) in [5.74, 6) is -5.99. The van der Waals surface area contributed by atoms with Crippen LogP contribution in [-0.4, -0.2) is 25.0 Å². The van der Waals surface area contributed by atoms with E-state index in [1.807, 2.05) is 0 Å². The summed E-state index contributed by atoms with van der Waals surface area (Å²) in [4.78, 5) is 12.1. The number of carbonyl (C=O) groups is 1. The SMILES string of the molecule is CN(C)C(=O)N(N)c1c(F)c(F)c(F)c(F)c1F. The fourth-order valence-electron chi connectivity index (χ4n) is 1.12. The van der Waals surface area contributed by atoms with Gasteiger partial charge in [0.2, 0.25) is 5.82 Å². The van der Waals surface area contributed by atoms with Gasteiger partial charge in [-0.05, 0) is 0 Å². The van der Waals surface area contributed by atoms with E-state index in [-0.39, 0.29) is 5.01 Å². The molecule has 0 radical (unpaired) electrons. The minimum atomic E-state index is -2.32. The molecule has 18 heavy (non-hydrogen) atoms. The van der Waals surface area contributed by atoms with Gasteiger partial charge in [0.05, 0.1) is 0 Å². The third-order valence-corrected chi connectivity index (χ3v) is 2.02. The molecule has 0 atom stereocenters. The van der Waals surface area contributed by atoms with Crippen molar-refractivity contribution in [2.75, 3.05) is 19.1 Å². The summed E-state index contributed by atoms with van der Waals surface area (Å²) in [6.07, 6.45) is 0. The summed E-state index contributed by atoms with van der Waals surface area (Å²) >= 11 is 0. The summed E-state index contributed by atoms with van der Waals surface area (Å²) in [6, 6.07) is -1.15. The minimum Gasteiger partial charge on any atom is -0.329 e. The van der Waals surface area contributed by atoms with Gasteiger partial charge >= 0.3 is 6.03 Å². The summed E-state index contributed by atoms with van der Waals surface area (Å²) in [5, 5.41) is -0.156. The number of hydrazine groups is 1. The first kappa shape index (κ1) is 14.2. The molecule has 0 bridgehead atoms. The fraction of sp³-hybridized carbons (Fsp3) is 0.222. The average Bonchev–Trinajstić information content (AvgIpc) is 2.32. The average molecular weight is 269 g/mol. The zero-order valence-electron chi connectivity index (χ0n) is 9.27. The summed E-state index contributed by atoms with van der Waals surface area (Å²) in [7, 11) is 2.38. The lowest BCUT2D eigenvalue weighted by Crippen LogP contribution is -2.45. The maximum atomic E-state index is 13.3. The number of halogens is 5. The van der Waals surface area contributed by atoms with Crippen molar-refractivity contribution in [3.05, 3.63) is 29.1 Å². The molecule has 0 aliphatic rings. The van der Waals surface area contributed by atoms with E-state index >= 15 is 0 Å². The van der Waals surface area contributed by atoms with E-state index < -0.39 is 40.8 Å². The third kappa shape index (κ3) is 2.08. The molecular weight excluding hydrogens is 261 g/mol. The van der Waals surface area contributed by atoms with Gasteiger partial charge in [-0.1, -0.05) is 0 Å². The van der Waals surface area contributed by atoms with Crippen molar-refractivity contribution < 1.29 is 26.7 Å². The quantitative estimate of drug-likeness (QED) is 0.211. The van der Waals surface area contributed by atoms with Gasteiger partial charge in [0, 0.05) is 14.1 Å². The van der Waals surface area contributed by atoms with Crippen molar-refractivity contribution in [1.29, 1.82) is 0 Å². The number of nitrogens with two attached hydrogens (primary N) is 1. The van der Waals surface area contributed by atoms with Crippen LogP contribution in [0.2, 0.25) is 0 Å². The molecule has 2 N–H and O–H groups in total. The van der Waals surface area contributed by atoms with Crippen LogP contribution in [0.4, 0.5) is 32.4 Å². The molecule has 0 spiro atoms. The molecule has 0 fully saturated rings. The molecular formula is C9H8F5N3O. The normalized spacial score (nSPS) is 10.4. The molecule has 9 heteroatoms. The Morgan fingerprint density at radius 3 is 1.56 bits per heavy atom. The first-order valence-electron chi connectivity index (χ1n) is 4.47. The number of nitrogens with zero attached hydrogens (tertiary/aromatic N) is 2. The zero-order valence-corrected chi connectivity index (χ0v) is 9.27. The molecule has 4 nitrogen and oxygen atoms in total. The second-order valence-corrected chi connectivity index (χ2v) is 3.47. The molecule has 0 aliphatic carbocycles. The maximum absolute atomic E-state index is 13.3. The topological polar surface area (TPSA) is 49.6 Å². The van der Waals surface area contributed by atoms with Crippen LogP contribution in [0.5, 0.6) is 0 Å². The van der Waals surface area contributed by atoms with Crippen molar-refractivity contribution in [2.45, 2.75) is 0 Å². The number of hydrogen-bond donors (Lipinski definition) is 1. The van der Waals surface area contributed by atoms with Gasteiger partial charge in [0.1, 0.15) is 5.69 Å². The van der Waals surface area contributed by atoms with Gasteiger partial charge in [-0.15, -0.1) is 0 Å². The smallest absolute Gasteiger partial charge is 0.329 e. The van der Waals surface area contributed by atoms with E-state index in [2.05, 4.69) is 0 Å². The molecule has 0 saturated carbocycles. The second-order valence-electron chi connectivity index (χ2n) is 3.47. The van der Waals surface area contributed by atoms with Crippen molar-refractivity contribution in [2.24, 2.45) is 5.84 Å². The van der Waals surface area contributed by atoms with Gasteiger partial charge in [-0.25, -0.2) is 37.6 Å². The van der Waals surface area contributed by atoms with Crippen molar-refractivity contribution in [3.8, 4) is 0 Å². The Balaban J connectivity index is 3.47. The number of carbonyl (C=O) groups excluding carboxylic acids is 1. The van der Waals surface area contributed by atoms with Gasteiger partial charge in [-0.3, -0.25) is 0 Å². The summed E-state index contributed by atoms with van der Waals surface area (Å²) < 4.78 is 65.0. The lowest BCUT2D eigenvalue weighted by atomic mass is 10.2. The molecule has 100 valence electrons. The van der Waals surface area contributed by atoms with Crippen molar-refractivity contribution in [3.63, 3.8) is 0 Å². The summed E-state index contributed by atoms with van der Waals surface area (Å²) in [6.45, 7) is 0. The standard InChI is InChI=1S/C9H8F5N3O/c1-16(2)9(18)17(15)8-6(13)4(11)3(10)5(12)7(8)14/h15H2,1-2H3. The Bertz CT molecular complexity index is 476. The Labute approximate surface area is 98.3 Å². The first-order valence-corrected chi connectivity index (χ1v) is 4.47. The molecule has 1 rings (SSSR count). The summed E-state index contributed by atoms with van der Waals surface area (Å²) in [5.41, 5.74) is -1.51. The molecule has 1 aromatic rings. The van der Waals surface area contributed by atoms with Gasteiger partial charge < -0.3 is 4.90 Å². The molecule has 2 amide bonds. The van der Waals surface area contributed by atoms with Crippen LogP contribution in [0, 0.1) is 29.1 Å². The van der Waals surface area contributed by atoms with Gasteiger partial charge in [0.25, 0.3) is 0 Å². The van der Waals surface area contributed by atoms with Crippen LogP contribution in [0.1, 0.15) is 0 Å². The Morgan fingerprint density at radius 1 is 0.889 bits per heavy atom. The van der Waals surface area contributed by atoms with Crippen LogP contribution in [0.25, 0.3) is 0 Å². The highest BCUT2D eigenvalue weighted by molar-refractivity contribution is 5.90. The van der Waals surface area contributed by atoms with Crippen LogP contribution < -0.4 is 10.9 Å². The predicted octanol–water partition coefficient (Wildman–Crippen LogP) is 1.74.